The molecule has 2 aliphatic rings. The molecule has 3 heteroatoms. The van der Waals surface area contributed by atoms with E-state index in [2.05, 4.69) is 4.90 Å². The molecule has 2 unspecified atom stereocenters. The average molecular weight is 244 g/mol. The van der Waals surface area contributed by atoms with Gasteiger partial charge < -0.3 is 4.90 Å². The first-order valence-corrected chi connectivity index (χ1v) is 6.76. The lowest BCUT2D eigenvalue weighted by Crippen LogP contribution is -2.35. The van der Waals surface area contributed by atoms with E-state index in [-0.39, 0.29) is 5.82 Å². The number of rotatable bonds is 1. The van der Waals surface area contributed by atoms with Crippen molar-refractivity contribution in [1.29, 1.82) is 5.26 Å². The van der Waals surface area contributed by atoms with Gasteiger partial charge in [0.2, 0.25) is 0 Å². The second kappa shape index (κ2) is 4.61. The Labute approximate surface area is 107 Å². The fourth-order valence-electron chi connectivity index (χ4n) is 3.51. The number of hydrogen-bond donors (Lipinski definition) is 0. The van der Waals surface area contributed by atoms with Crippen molar-refractivity contribution in [2.45, 2.75) is 38.1 Å². The molecule has 0 N–H and O–H groups in total. The molecule has 2 nitrogen and oxygen atoms in total. The van der Waals surface area contributed by atoms with Crippen LogP contribution in [0.1, 0.15) is 37.7 Å². The molecule has 0 spiro atoms. The van der Waals surface area contributed by atoms with Crippen molar-refractivity contribution >= 4 is 5.69 Å². The molecule has 94 valence electrons. The smallest absolute Gasteiger partial charge is 0.147 e. The third-order valence-corrected chi connectivity index (χ3v) is 4.40. The van der Waals surface area contributed by atoms with Crippen molar-refractivity contribution in [3.05, 3.63) is 29.6 Å². The Bertz CT molecular complexity index is 492. The normalized spacial score (nSPS) is 26.8. The first-order chi connectivity index (χ1) is 8.79. The largest absolute Gasteiger partial charge is 0.366 e. The highest BCUT2D eigenvalue weighted by Crippen LogP contribution is 2.39. The maximum absolute atomic E-state index is 14.1. The van der Waals surface area contributed by atoms with Crippen molar-refractivity contribution in [2.75, 3.05) is 11.4 Å². The summed E-state index contributed by atoms with van der Waals surface area (Å²) in [6.07, 6.45) is 6.24. The Morgan fingerprint density at radius 2 is 2.06 bits per heavy atom. The van der Waals surface area contributed by atoms with Crippen LogP contribution in [0.3, 0.4) is 0 Å². The van der Waals surface area contributed by atoms with E-state index in [0.29, 0.717) is 17.3 Å². The van der Waals surface area contributed by atoms with Crippen LogP contribution in [0, 0.1) is 23.1 Å². The van der Waals surface area contributed by atoms with Gasteiger partial charge >= 0.3 is 0 Å². The van der Waals surface area contributed by atoms with E-state index in [1.54, 1.807) is 12.1 Å². The number of halogens is 1. The summed E-state index contributed by atoms with van der Waals surface area (Å²) in [6.45, 7) is 0.957. The molecule has 1 aromatic rings. The molecule has 1 aliphatic heterocycles. The van der Waals surface area contributed by atoms with E-state index in [0.717, 1.165) is 12.5 Å². The second-order valence-electron chi connectivity index (χ2n) is 5.37. The van der Waals surface area contributed by atoms with Gasteiger partial charge in [-0.15, -0.1) is 0 Å². The molecule has 1 heterocycles. The summed E-state index contributed by atoms with van der Waals surface area (Å²) in [6, 6.07) is 7.34. The van der Waals surface area contributed by atoms with Crippen LogP contribution in [-0.4, -0.2) is 12.6 Å². The zero-order valence-electron chi connectivity index (χ0n) is 10.4. The lowest BCUT2D eigenvalue weighted by Gasteiger charge is -2.33. The lowest BCUT2D eigenvalue weighted by molar-refractivity contribution is 0.341. The van der Waals surface area contributed by atoms with Crippen LogP contribution in [0.2, 0.25) is 0 Å². The van der Waals surface area contributed by atoms with Crippen LogP contribution >= 0.6 is 0 Å². The highest BCUT2D eigenvalue weighted by atomic mass is 19.1. The van der Waals surface area contributed by atoms with Gasteiger partial charge in [-0.3, -0.25) is 0 Å². The van der Waals surface area contributed by atoms with E-state index in [9.17, 15) is 4.39 Å². The molecule has 0 bridgehead atoms. The first-order valence-electron chi connectivity index (χ1n) is 6.76. The molecular weight excluding hydrogens is 227 g/mol. The Morgan fingerprint density at radius 1 is 1.22 bits per heavy atom. The number of benzene rings is 1. The van der Waals surface area contributed by atoms with Gasteiger partial charge in [0.05, 0.1) is 17.3 Å². The minimum absolute atomic E-state index is 0.250. The van der Waals surface area contributed by atoms with Crippen LogP contribution in [0.15, 0.2) is 18.2 Å². The van der Waals surface area contributed by atoms with E-state index in [4.69, 9.17) is 5.26 Å². The summed E-state index contributed by atoms with van der Waals surface area (Å²) in [5, 5.41) is 8.78. The first kappa shape index (κ1) is 11.5. The maximum atomic E-state index is 14.1. The van der Waals surface area contributed by atoms with Crippen LogP contribution in [0.5, 0.6) is 0 Å². The fourth-order valence-corrected chi connectivity index (χ4v) is 3.51. The predicted octanol–water partition coefficient (Wildman–Crippen LogP) is 3.47. The molecule has 2 fully saturated rings. The number of nitrogens with zero attached hydrogens (tertiary/aromatic N) is 2. The maximum Gasteiger partial charge on any atom is 0.147 e. The van der Waals surface area contributed by atoms with Gasteiger partial charge in [-0.2, -0.15) is 5.26 Å². The monoisotopic (exact) mass is 244 g/mol. The lowest BCUT2D eigenvalue weighted by atomic mass is 9.85. The number of fused-ring (bicyclic) bond motifs is 1. The van der Waals surface area contributed by atoms with Crippen molar-refractivity contribution in [1.82, 2.24) is 0 Å². The molecule has 3 rings (SSSR count). The third-order valence-electron chi connectivity index (χ3n) is 4.40. The average Bonchev–Trinajstić information content (AvgIpc) is 2.82. The molecule has 0 aromatic heterocycles. The zero-order chi connectivity index (χ0) is 12.5. The van der Waals surface area contributed by atoms with Gasteiger partial charge in [0.15, 0.2) is 0 Å². The highest BCUT2D eigenvalue weighted by molar-refractivity contribution is 5.53. The van der Waals surface area contributed by atoms with Crippen molar-refractivity contribution in [2.24, 2.45) is 5.92 Å². The van der Waals surface area contributed by atoms with Gasteiger partial charge in [-0.05, 0) is 43.4 Å². The molecule has 1 aliphatic carbocycles. The second-order valence-corrected chi connectivity index (χ2v) is 5.37. The Balaban J connectivity index is 1.89. The van der Waals surface area contributed by atoms with Gasteiger partial charge in [-0.1, -0.05) is 12.8 Å². The number of hydrogen-bond acceptors (Lipinski definition) is 2. The van der Waals surface area contributed by atoms with Gasteiger partial charge in [-0.25, -0.2) is 4.39 Å². The molecule has 1 aromatic carbocycles. The Kier molecular flexibility index (Phi) is 2.95. The van der Waals surface area contributed by atoms with Crippen LogP contribution in [0.25, 0.3) is 0 Å². The molecule has 0 radical (unpaired) electrons. The molecule has 1 saturated heterocycles. The summed E-state index contributed by atoms with van der Waals surface area (Å²) < 4.78 is 14.1. The van der Waals surface area contributed by atoms with Gasteiger partial charge in [0, 0.05) is 12.6 Å². The zero-order valence-corrected chi connectivity index (χ0v) is 10.4. The molecule has 0 amide bonds. The summed E-state index contributed by atoms with van der Waals surface area (Å²) in [4.78, 5) is 2.22. The van der Waals surface area contributed by atoms with Crippen molar-refractivity contribution in [3.63, 3.8) is 0 Å². The Hall–Kier alpha value is -1.56. The van der Waals surface area contributed by atoms with Crippen LogP contribution < -0.4 is 4.90 Å². The summed E-state index contributed by atoms with van der Waals surface area (Å²) in [5.74, 6) is 0.495. The quantitative estimate of drug-likeness (QED) is 0.756. The van der Waals surface area contributed by atoms with E-state index < -0.39 is 0 Å². The van der Waals surface area contributed by atoms with Crippen molar-refractivity contribution in [3.8, 4) is 6.07 Å². The summed E-state index contributed by atoms with van der Waals surface area (Å²) in [7, 11) is 0. The molecule has 2 atom stereocenters. The SMILES string of the molecule is N#Cc1ccc(N2CCC3CCCCC32)c(F)c1. The summed E-state index contributed by atoms with van der Waals surface area (Å²) >= 11 is 0. The van der Waals surface area contributed by atoms with E-state index >= 15 is 0 Å². The van der Waals surface area contributed by atoms with E-state index in [1.807, 2.05) is 6.07 Å². The summed E-state index contributed by atoms with van der Waals surface area (Å²) in [5.41, 5.74) is 1.08. The predicted molar refractivity (Wildman–Crippen MR) is 68.8 cm³/mol. The molecule has 1 saturated carbocycles. The van der Waals surface area contributed by atoms with Crippen molar-refractivity contribution < 1.29 is 4.39 Å². The van der Waals surface area contributed by atoms with E-state index in [1.165, 1.54) is 38.2 Å². The van der Waals surface area contributed by atoms with Crippen LogP contribution in [-0.2, 0) is 0 Å². The van der Waals surface area contributed by atoms with Gasteiger partial charge in [0.25, 0.3) is 0 Å². The highest BCUT2D eigenvalue weighted by Gasteiger charge is 2.36. The minimum atomic E-state index is -0.250. The molecular formula is C15H17FN2. The topological polar surface area (TPSA) is 27.0 Å². The number of nitriles is 1. The third kappa shape index (κ3) is 1.86. The van der Waals surface area contributed by atoms with Crippen LogP contribution in [0.4, 0.5) is 10.1 Å². The standard InChI is InChI=1S/C15H17FN2/c16-13-9-11(10-17)5-6-15(13)18-8-7-12-3-1-2-4-14(12)18/h5-6,9,12,14H,1-4,7-8H2. The minimum Gasteiger partial charge on any atom is -0.366 e. The molecule has 18 heavy (non-hydrogen) atoms. The Morgan fingerprint density at radius 3 is 2.83 bits per heavy atom. The van der Waals surface area contributed by atoms with Gasteiger partial charge in [0.1, 0.15) is 5.82 Å². The fraction of sp³-hybridized carbons (Fsp3) is 0.533. The number of anilines is 1.